The number of aromatic hydroxyl groups is 1. The van der Waals surface area contributed by atoms with Gasteiger partial charge in [0.25, 0.3) is 0 Å². The second-order valence-electron chi connectivity index (χ2n) is 5.44. The number of methoxy groups -OCH3 is 1. The molecular weight excluding hydrogens is 334 g/mol. The van der Waals surface area contributed by atoms with Crippen LogP contribution in [-0.2, 0) is 0 Å². The van der Waals surface area contributed by atoms with Gasteiger partial charge in [-0.05, 0) is 35.7 Å². The number of para-hydroxylation sites is 1. The summed E-state index contributed by atoms with van der Waals surface area (Å²) in [6, 6.07) is 15.0. The number of phenols is 1. The van der Waals surface area contributed by atoms with Crippen LogP contribution in [0.3, 0.4) is 0 Å². The van der Waals surface area contributed by atoms with E-state index in [-0.39, 0.29) is 5.75 Å². The van der Waals surface area contributed by atoms with E-state index in [0.717, 1.165) is 22.2 Å². The maximum Gasteiger partial charge on any atom is 0.163 e. The molecule has 0 aliphatic heterocycles. The monoisotopic (exact) mass is 349 g/mol. The minimum Gasteiger partial charge on any atom is -0.504 e. The van der Waals surface area contributed by atoms with Gasteiger partial charge in [-0.15, -0.1) is 0 Å². The van der Waals surface area contributed by atoms with E-state index in [4.69, 9.17) is 4.74 Å². The van der Waals surface area contributed by atoms with E-state index in [0.29, 0.717) is 17.4 Å². The molecule has 4 aromatic rings. The van der Waals surface area contributed by atoms with Crippen molar-refractivity contribution in [2.75, 3.05) is 12.4 Å². The average molecular weight is 349 g/mol. The Morgan fingerprint density at radius 3 is 2.72 bits per heavy atom. The van der Waals surface area contributed by atoms with E-state index in [1.54, 1.807) is 23.5 Å². The molecule has 2 heterocycles. The maximum atomic E-state index is 9.99. The minimum absolute atomic E-state index is 0.0731. The minimum atomic E-state index is 0.0731. The van der Waals surface area contributed by atoms with Gasteiger partial charge in [0, 0.05) is 28.1 Å². The molecule has 0 saturated heterocycles. The zero-order valence-electron chi connectivity index (χ0n) is 13.4. The fraction of sp³-hybridized carbons (Fsp3) is 0.0526. The van der Waals surface area contributed by atoms with E-state index in [1.165, 1.54) is 7.11 Å². The number of phenolic OH excluding ortho intramolecular Hbond substituents is 1. The molecule has 0 aliphatic rings. The van der Waals surface area contributed by atoms with Gasteiger partial charge in [-0.2, -0.15) is 11.3 Å². The van der Waals surface area contributed by atoms with Gasteiger partial charge in [-0.3, -0.25) is 0 Å². The topological polar surface area (TPSA) is 67.3 Å². The lowest BCUT2D eigenvalue weighted by Gasteiger charge is -2.12. The Balaban J connectivity index is 1.81. The zero-order valence-corrected chi connectivity index (χ0v) is 14.2. The second kappa shape index (κ2) is 6.41. The molecule has 0 unspecified atom stereocenters. The molecule has 5 nitrogen and oxygen atoms in total. The molecule has 0 aliphatic carbocycles. The Kier molecular flexibility index (Phi) is 3.95. The van der Waals surface area contributed by atoms with Crippen LogP contribution in [0, 0.1) is 0 Å². The van der Waals surface area contributed by atoms with Crippen LogP contribution >= 0.6 is 11.3 Å². The third-order valence-electron chi connectivity index (χ3n) is 3.82. The molecule has 6 heteroatoms. The van der Waals surface area contributed by atoms with E-state index < -0.39 is 0 Å². The van der Waals surface area contributed by atoms with Crippen LogP contribution in [0.15, 0.2) is 59.3 Å². The van der Waals surface area contributed by atoms with Crippen LogP contribution in [0.4, 0.5) is 11.5 Å². The Labute approximate surface area is 148 Å². The van der Waals surface area contributed by atoms with E-state index >= 15 is 0 Å². The lowest BCUT2D eigenvalue weighted by molar-refractivity contribution is 0.373. The summed E-state index contributed by atoms with van der Waals surface area (Å²) in [4.78, 5) is 9.33. The molecule has 0 fully saturated rings. The third-order valence-corrected chi connectivity index (χ3v) is 4.51. The molecule has 2 N–H and O–H groups in total. The lowest BCUT2D eigenvalue weighted by atomic mass is 10.2. The normalized spacial score (nSPS) is 10.8. The third kappa shape index (κ3) is 2.99. The van der Waals surface area contributed by atoms with E-state index in [2.05, 4.69) is 15.3 Å². The van der Waals surface area contributed by atoms with Gasteiger partial charge in [-0.1, -0.05) is 12.1 Å². The Hall–Kier alpha value is -3.12. The van der Waals surface area contributed by atoms with Crippen molar-refractivity contribution in [3.05, 3.63) is 59.3 Å². The van der Waals surface area contributed by atoms with Crippen LogP contribution in [0.5, 0.6) is 11.5 Å². The van der Waals surface area contributed by atoms with Crippen molar-refractivity contribution < 1.29 is 9.84 Å². The van der Waals surface area contributed by atoms with Gasteiger partial charge in [0.2, 0.25) is 0 Å². The van der Waals surface area contributed by atoms with Crippen molar-refractivity contribution >= 4 is 33.7 Å². The van der Waals surface area contributed by atoms with Crippen LogP contribution < -0.4 is 10.1 Å². The highest BCUT2D eigenvalue weighted by Crippen LogP contribution is 2.32. The standard InChI is InChI=1S/C19H15N3O2S/c1-24-17-7-6-13(10-16(17)23)20-19-14-4-2-3-5-15(14)21-18(22-19)12-8-9-25-11-12/h2-11,23H,1H3,(H,20,21,22). The van der Waals surface area contributed by atoms with Crippen LogP contribution in [-0.4, -0.2) is 22.2 Å². The Morgan fingerprint density at radius 2 is 1.96 bits per heavy atom. The molecule has 124 valence electrons. The smallest absolute Gasteiger partial charge is 0.163 e. The number of benzene rings is 2. The van der Waals surface area contributed by atoms with Crippen molar-refractivity contribution in [2.24, 2.45) is 0 Å². The van der Waals surface area contributed by atoms with Crippen molar-refractivity contribution in [3.63, 3.8) is 0 Å². The van der Waals surface area contributed by atoms with Crippen molar-refractivity contribution in [2.45, 2.75) is 0 Å². The summed E-state index contributed by atoms with van der Waals surface area (Å²) in [5.74, 6) is 1.86. The Bertz CT molecular complexity index is 1030. The number of ether oxygens (including phenoxy) is 1. The first-order valence-corrected chi connectivity index (χ1v) is 8.62. The fourth-order valence-electron chi connectivity index (χ4n) is 2.60. The number of thiophene rings is 1. The number of aromatic nitrogens is 2. The van der Waals surface area contributed by atoms with Gasteiger partial charge in [0.1, 0.15) is 5.82 Å². The number of nitrogens with one attached hydrogen (secondary N) is 1. The summed E-state index contributed by atoms with van der Waals surface area (Å²) in [6.45, 7) is 0. The van der Waals surface area contributed by atoms with Gasteiger partial charge in [0.05, 0.1) is 12.6 Å². The van der Waals surface area contributed by atoms with Crippen molar-refractivity contribution in [3.8, 4) is 22.9 Å². The first-order chi connectivity index (χ1) is 12.2. The predicted octanol–water partition coefficient (Wildman–Crippen LogP) is 4.82. The summed E-state index contributed by atoms with van der Waals surface area (Å²) in [5, 5.41) is 18.2. The quantitative estimate of drug-likeness (QED) is 0.553. The number of fused-ring (bicyclic) bond motifs is 1. The molecule has 0 spiro atoms. The van der Waals surface area contributed by atoms with Crippen LogP contribution in [0.2, 0.25) is 0 Å². The highest BCUT2D eigenvalue weighted by Gasteiger charge is 2.11. The molecule has 0 amide bonds. The highest BCUT2D eigenvalue weighted by molar-refractivity contribution is 7.08. The van der Waals surface area contributed by atoms with Gasteiger partial charge >= 0.3 is 0 Å². The summed E-state index contributed by atoms with van der Waals surface area (Å²) in [6.07, 6.45) is 0. The van der Waals surface area contributed by atoms with Gasteiger partial charge < -0.3 is 15.2 Å². The number of nitrogens with zero attached hydrogens (tertiary/aromatic N) is 2. The first-order valence-electron chi connectivity index (χ1n) is 7.68. The van der Waals surface area contributed by atoms with Crippen molar-refractivity contribution in [1.29, 1.82) is 0 Å². The van der Waals surface area contributed by atoms with Crippen molar-refractivity contribution in [1.82, 2.24) is 9.97 Å². The van der Waals surface area contributed by atoms with E-state index in [1.807, 2.05) is 47.2 Å². The second-order valence-corrected chi connectivity index (χ2v) is 6.22. The van der Waals surface area contributed by atoms with Gasteiger partial charge in [0.15, 0.2) is 17.3 Å². The molecule has 2 aromatic heterocycles. The zero-order chi connectivity index (χ0) is 17.2. The number of anilines is 2. The summed E-state index contributed by atoms with van der Waals surface area (Å²) in [7, 11) is 1.52. The lowest BCUT2D eigenvalue weighted by Crippen LogP contribution is -1.99. The first kappa shape index (κ1) is 15.4. The number of rotatable bonds is 4. The molecular formula is C19H15N3O2S. The maximum absolute atomic E-state index is 9.99. The largest absolute Gasteiger partial charge is 0.504 e. The van der Waals surface area contributed by atoms with Crippen LogP contribution in [0.25, 0.3) is 22.3 Å². The number of hydrogen-bond acceptors (Lipinski definition) is 6. The number of hydrogen-bond donors (Lipinski definition) is 2. The average Bonchev–Trinajstić information content (AvgIpc) is 3.16. The fourth-order valence-corrected chi connectivity index (χ4v) is 3.23. The molecule has 0 bridgehead atoms. The SMILES string of the molecule is COc1ccc(Nc2nc(-c3ccsc3)nc3ccccc23)cc1O. The highest BCUT2D eigenvalue weighted by atomic mass is 32.1. The molecule has 4 rings (SSSR count). The predicted molar refractivity (Wildman–Crippen MR) is 101 cm³/mol. The molecule has 25 heavy (non-hydrogen) atoms. The summed E-state index contributed by atoms with van der Waals surface area (Å²) in [5.41, 5.74) is 2.56. The van der Waals surface area contributed by atoms with Gasteiger partial charge in [-0.25, -0.2) is 9.97 Å². The molecule has 0 radical (unpaired) electrons. The van der Waals surface area contributed by atoms with E-state index in [9.17, 15) is 5.11 Å². The summed E-state index contributed by atoms with van der Waals surface area (Å²) < 4.78 is 5.09. The summed E-state index contributed by atoms with van der Waals surface area (Å²) >= 11 is 1.61. The molecule has 0 saturated carbocycles. The molecule has 0 atom stereocenters. The molecule has 2 aromatic carbocycles. The Morgan fingerprint density at radius 1 is 1.08 bits per heavy atom. The van der Waals surface area contributed by atoms with Crippen LogP contribution in [0.1, 0.15) is 0 Å².